The number of benzene rings is 1. The first-order valence-corrected chi connectivity index (χ1v) is 11.9. The third-order valence-corrected chi connectivity index (χ3v) is 6.40. The predicted molar refractivity (Wildman–Crippen MR) is 132 cm³/mol. The van der Waals surface area contributed by atoms with Crippen LogP contribution in [0.25, 0.3) is 11.4 Å². The Morgan fingerprint density at radius 1 is 1.26 bits per heavy atom. The second kappa shape index (κ2) is 10.1. The summed E-state index contributed by atoms with van der Waals surface area (Å²) < 4.78 is 45.2. The van der Waals surface area contributed by atoms with Crippen LogP contribution in [-0.2, 0) is 6.18 Å². The highest BCUT2D eigenvalue weighted by Gasteiger charge is 2.42. The quantitative estimate of drug-likeness (QED) is 0.444. The maximum Gasteiger partial charge on any atom is 0.416 e. The SMILES string of the molecule is Cc1nc(-c2cccc(C(F)(F)F)c2)nc2c1N1CCC(C1)N2C(=O)Nc1ccc(OCC(O)CO)cn1. The number of halogens is 3. The molecule has 200 valence electrons. The smallest absolute Gasteiger partial charge is 0.416 e. The van der Waals surface area contributed by atoms with E-state index in [1.807, 2.05) is 0 Å². The summed E-state index contributed by atoms with van der Waals surface area (Å²) in [5.74, 6) is 1.02. The van der Waals surface area contributed by atoms with Gasteiger partial charge in [0.15, 0.2) is 11.6 Å². The molecule has 3 N–H and O–H groups in total. The van der Waals surface area contributed by atoms with E-state index in [1.54, 1.807) is 13.0 Å². The largest absolute Gasteiger partial charge is 0.489 e. The first kappa shape index (κ1) is 25.7. The number of carbonyl (C=O) groups excluding carboxylic acids is 1. The number of hydrogen-bond donors (Lipinski definition) is 3. The van der Waals surface area contributed by atoms with E-state index in [0.717, 1.165) is 12.1 Å². The van der Waals surface area contributed by atoms with Crippen molar-refractivity contribution < 1.29 is 32.9 Å². The van der Waals surface area contributed by atoms with Gasteiger partial charge < -0.3 is 19.8 Å². The van der Waals surface area contributed by atoms with E-state index < -0.39 is 30.5 Å². The van der Waals surface area contributed by atoms with E-state index in [4.69, 9.17) is 9.84 Å². The topological polar surface area (TPSA) is 124 Å². The van der Waals surface area contributed by atoms with E-state index in [9.17, 15) is 23.1 Å². The number of anilines is 3. The van der Waals surface area contributed by atoms with Gasteiger partial charge in [-0.25, -0.2) is 19.7 Å². The van der Waals surface area contributed by atoms with E-state index in [-0.39, 0.29) is 29.9 Å². The molecule has 4 heterocycles. The Labute approximate surface area is 215 Å². The van der Waals surface area contributed by atoms with Crippen LogP contribution >= 0.6 is 0 Å². The summed E-state index contributed by atoms with van der Waals surface area (Å²) in [5, 5.41) is 21.0. The third kappa shape index (κ3) is 5.07. The summed E-state index contributed by atoms with van der Waals surface area (Å²) in [6, 6.07) is 7.21. The van der Waals surface area contributed by atoms with Crippen molar-refractivity contribution in [1.82, 2.24) is 15.0 Å². The second-order valence-electron chi connectivity index (χ2n) is 9.10. The Kier molecular flexibility index (Phi) is 6.80. The second-order valence-corrected chi connectivity index (χ2v) is 9.10. The molecule has 1 saturated heterocycles. The fraction of sp³-hybridized carbons (Fsp3) is 0.360. The van der Waals surface area contributed by atoms with Crippen molar-refractivity contribution in [2.75, 3.05) is 41.4 Å². The summed E-state index contributed by atoms with van der Waals surface area (Å²) in [6.45, 7) is 2.48. The number of nitrogens with zero attached hydrogens (tertiary/aromatic N) is 5. The molecule has 2 amide bonds. The number of alkyl halides is 3. The summed E-state index contributed by atoms with van der Waals surface area (Å²) in [5.41, 5.74) is 0.619. The van der Waals surface area contributed by atoms with Crippen LogP contribution in [0.5, 0.6) is 5.75 Å². The van der Waals surface area contributed by atoms with Gasteiger partial charge in [-0.05, 0) is 37.6 Å². The fourth-order valence-electron chi connectivity index (χ4n) is 4.60. The zero-order valence-corrected chi connectivity index (χ0v) is 20.3. The van der Waals surface area contributed by atoms with Gasteiger partial charge >= 0.3 is 12.2 Å². The first-order valence-electron chi connectivity index (χ1n) is 11.9. The Balaban J connectivity index is 1.43. The molecule has 2 bridgehead atoms. The molecule has 10 nitrogen and oxygen atoms in total. The molecular formula is C25H25F3N6O4. The van der Waals surface area contributed by atoms with E-state index in [2.05, 4.69) is 25.2 Å². The monoisotopic (exact) mass is 530 g/mol. The number of aliphatic hydroxyl groups is 2. The molecule has 0 radical (unpaired) electrons. The van der Waals surface area contributed by atoms with Gasteiger partial charge in [0, 0.05) is 18.7 Å². The van der Waals surface area contributed by atoms with Crippen molar-refractivity contribution in [3.63, 3.8) is 0 Å². The third-order valence-electron chi connectivity index (χ3n) is 6.40. The number of urea groups is 1. The van der Waals surface area contributed by atoms with Crippen LogP contribution in [0, 0.1) is 6.92 Å². The van der Waals surface area contributed by atoms with Crippen molar-refractivity contribution >= 4 is 23.4 Å². The van der Waals surface area contributed by atoms with Gasteiger partial charge in [-0.1, -0.05) is 12.1 Å². The van der Waals surface area contributed by atoms with Crippen LogP contribution in [0.15, 0.2) is 42.6 Å². The lowest BCUT2D eigenvalue weighted by molar-refractivity contribution is -0.137. The highest BCUT2D eigenvalue weighted by Crippen LogP contribution is 2.42. The van der Waals surface area contributed by atoms with Gasteiger partial charge in [-0.3, -0.25) is 10.2 Å². The molecule has 1 fully saturated rings. The molecule has 2 aromatic heterocycles. The fourth-order valence-corrected chi connectivity index (χ4v) is 4.60. The van der Waals surface area contributed by atoms with E-state index >= 15 is 0 Å². The van der Waals surface area contributed by atoms with Crippen LogP contribution in [0.1, 0.15) is 17.7 Å². The molecule has 3 aromatic rings. The van der Waals surface area contributed by atoms with Gasteiger partial charge in [-0.15, -0.1) is 0 Å². The number of ether oxygens (including phenoxy) is 1. The molecule has 2 unspecified atom stereocenters. The number of rotatable bonds is 6. The molecule has 2 aliphatic heterocycles. The minimum Gasteiger partial charge on any atom is -0.489 e. The molecule has 38 heavy (non-hydrogen) atoms. The van der Waals surface area contributed by atoms with Crippen molar-refractivity contribution in [2.24, 2.45) is 0 Å². The number of pyridine rings is 1. The highest BCUT2D eigenvalue weighted by molar-refractivity contribution is 6.04. The number of amides is 2. The minimum atomic E-state index is -4.51. The highest BCUT2D eigenvalue weighted by atomic mass is 19.4. The van der Waals surface area contributed by atoms with Crippen LogP contribution in [-0.4, -0.2) is 69.6 Å². The number of carbonyl (C=O) groups is 1. The lowest BCUT2D eigenvalue weighted by Crippen LogP contribution is -2.48. The molecule has 2 aliphatic rings. The Morgan fingerprint density at radius 2 is 2.08 bits per heavy atom. The molecule has 13 heteroatoms. The number of aromatic nitrogens is 3. The molecule has 1 aromatic carbocycles. The number of aryl methyl sites for hydroxylation is 1. The maximum atomic E-state index is 13.5. The average molecular weight is 531 g/mol. The van der Waals surface area contributed by atoms with Gasteiger partial charge in [0.2, 0.25) is 0 Å². The van der Waals surface area contributed by atoms with Crippen LogP contribution in [0.4, 0.5) is 35.3 Å². The summed E-state index contributed by atoms with van der Waals surface area (Å²) in [7, 11) is 0. The number of nitrogens with one attached hydrogen (secondary N) is 1. The molecular weight excluding hydrogens is 505 g/mol. The standard InChI is InChI=1S/C25H25F3N6O4/c1-14-21-23(32-22(30-14)15-3-2-4-16(9-15)25(26,27)28)34(17-7-8-33(21)11-17)24(37)31-20-6-5-19(10-29-20)38-13-18(36)12-35/h2-6,9-10,17-18,35-36H,7-8,11-13H2,1H3,(H,29,31,37). The van der Waals surface area contributed by atoms with Crippen molar-refractivity contribution in [2.45, 2.75) is 31.7 Å². The minimum absolute atomic E-state index is 0.0948. The Bertz CT molecular complexity index is 1340. The summed E-state index contributed by atoms with van der Waals surface area (Å²) >= 11 is 0. The lowest BCUT2D eigenvalue weighted by atomic mass is 10.1. The molecule has 5 rings (SSSR count). The molecule has 0 saturated carbocycles. The Morgan fingerprint density at radius 3 is 2.79 bits per heavy atom. The van der Waals surface area contributed by atoms with Crippen LogP contribution in [0.2, 0.25) is 0 Å². The maximum absolute atomic E-state index is 13.5. The normalized spacial score (nSPS) is 17.3. The zero-order valence-electron chi connectivity index (χ0n) is 20.3. The van der Waals surface area contributed by atoms with Gasteiger partial charge in [0.1, 0.15) is 30.0 Å². The first-order chi connectivity index (χ1) is 18.1. The van der Waals surface area contributed by atoms with E-state index in [0.29, 0.717) is 42.5 Å². The number of aliphatic hydroxyl groups excluding tert-OH is 2. The molecule has 0 aliphatic carbocycles. The van der Waals surface area contributed by atoms with Crippen molar-refractivity contribution in [3.05, 3.63) is 53.9 Å². The van der Waals surface area contributed by atoms with Crippen LogP contribution < -0.4 is 19.9 Å². The van der Waals surface area contributed by atoms with Gasteiger partial charge in [-0.2, -0.15) is 13.2 Å². The van der Waals surface area contributed by atoms with Crippen LogP contribution in [0.3, 0.4) is 0 Å². The zero-order chi connectivity index (χ0) is 27.0. The lowest BCUT2D eigenvalue weighted by Gasteiger charge is -2.36. The summed E-state index contributed by atoms with van der Waals surface area (Å²) in [6.07, 6.45) is -3.47. The van der Waals surface area contributed by atoms with Crippen molar-refractivity contribution in [3.8, 4) is 17.1 Å². The average Bonchev–Trinajstić information content (AvgIpc) is 3.30. The number of fused-ring (bicyclic) bond motifs is 4. The Hall–Kier alpha value is -3.97. The summed E-state index contributed by atoms with van der Waals surface area (Å²) in [4.78, 5) is 30.3. The predicted octanol–water partition coefficient (Wildman–Crippen LogP) is 3.23. The van der Waals surface area contributed by atoms with E-state index in [1.165, 1.54) is 29.3 Å². The van der Waals surface area contributed by atoms with Crippen molar-refractivity contribution in [1.29, 1.82) is 0 Å². The van der Waals surface area contributed by atoms with Gasteiger partial charge in [0.25, 0.3) is 0 Å². The molecule has 2 atom stereocenters. The molecule has 0 spiro atoms. The van der Waals surface area contributed by atoms with Gasteiger partial charge in [0.05, 0.1) is 30.1 Å². The number of hydrogen-bond acceptors (Lipinski definition) is 8.